The van der Waals surface area contributed by atoms with Crippen LogP contribution in [0, 0.1) is 0 Å². The third kappa shape index (κ3) is 2.28. The number of nitrogens with zero attached hydrogens (tertiary/aromatic N) is 1. The van der Waals surface area contributed by atoms with Crippen LogP contribution in [0.2, 0.25) is 0 Å². The molecule has 1 unspecified atom stereocenters. The molecule has 168 valence electrons. The third-order valence-electron chi connectivity index (χ3n) is 8.85. The number of ketones is 1. The standard InChI is InChI=1S/C27H31NO4/c1-3-31-27-13-11-22(30)25(2)26(27)14-16-28(15-12-18-7-5-4-6-8-18)21(27)17-19-9-10-20(29)24(32-25)23(19)26/h4-10,21,29H,3,11-17H2,1-2H3/t21?,25-,26-,27+/m0/s1. The predicted molar refractivity (Wildman–Crippen MR) is 121 cm³/mol. The Kier molecular flexibility index (Phi) is 4.31. The van der Waals surface area contributed by atoms with Gasteiger partial charge in [-0.15, -0.1) is 0 Å². The van der Waals surface area contributed by atoms with E-state index >= 15 is 0 Å². The first kappa shape index (κ1) is 20.3. The van der Waals surface area contributed by atoms with Gasteiger partial charge in [0.05, 0.1) is 11.0 Å². The number of rotatable bonds is 5. The van der Waals surface area contributed by atoms with E-state index in [4.69, 9.17) is 9.47 Å². The molecule has 2 aromatic carbocycles. The first-order chi connectivity index (χ1) is 15.5. The summed E-state index contributed by atoms with van der Waals surface area (Å²) in [5, 5.41) is 10.7. The second kappa shape index (κ2) is 6.82. The highest BCUT2D eigenvalue weighted by molar-refractivity contribution is 5.94. The maximum atomic E-state index is 13.4. The second-order valence-electron chi connectivity index (χ2n) is 9.98. The van der Waals surface area contributed by atoms with E-state index in [1.54, 1.807) is 6.07 Å². The molecule has 5 heteroatoms. The number of Topliss-reactive ketones (excluding diaryl/α,β-unsaturated/α-hetero) is 1. The fraction of sp³-hybridized carbons (Fsp3) is 0.519. The van der Waals surface area contributed by atoms with Gasteiger partial charge in [-0.3, -0.25) is 9.69 Å². The number of piperidine rings is 1. The predicted octanol–water partition coefficient (Wildman–Crippen LogP) is 3.79. The first-order valence-corrected chi connectivity index (χ1v) is 12.0. The zero-order chi connectivity index (χ0) is 22.1. The van der Waals surface area contributed by atoms with E-state index in [9.17, 15) is 9.90 Å². The zero-order valence-electron chi connectivity index (χ0n) is 18.9. The quantitative estimate of drug-likeness (QED) is 0.778. The van der Waals surface area contributed by atoms with Gasteiger partial charge in [-0.05, 0) is 63.3 Å². The van der Waals surface area contributed by atoms with E-state index < -0.39 is 16.6 Å². The summed E-state index contributed by atoms with van der Waals surface area (Å²) in [5.74, 6) is 0.783. The highest BCUT2D eigenvalue weighted by Gasteiger charge is 2.78. The smallest absolute Gasteiger partial charge is 0.177 e. The van der Waals surface area contributed by atoms with Crippen LogP contribution in [0.1, 0.15) is 49.8 Å². The molecule has 4 aliphatic rings. The van der Waals surface area contributed by atoms with Crippen molar-refractivity contribution in [2.24, 2.45) is 0 Å². The van der Waals surface area contributed by atoms with Crippen molar-refractivity contribution in [3.63, 3.8) is 0 Å². The average Bonchev–Trinajstić information content (AvgIpc) is 3.08. The number of likely N-dealkylation sites (tertiary alicyclic amines) is 1. The summed E-state index contributed by atoms with van der Waals surface area (Å²) in [6.07, 6.45) is 3.80. The van der Waals surface area contributed by atoms with Crippen LogP contribution in [0.25, 0.3) is 0 Å². The van der Waals surface area contributed by atoms with Crippen molar-refractivity contribution in [2.45, 2.75) is 68.6 Å². The Labute approximate surface area is 189 Å². The van der Waals surface area contributed by atoms with Crippen molar-refractivity contribution >= 4 is 5.78 Å². The Bertz CT molecular complexity index is 1080. The average molecular weight is 434 g/mol. The highest BCUT2D eigenvalue weighted by Crippen LogP contribution is 2.69. The van der Waals surface area contributed by atoms with Crippen molar-refractivity contribution in [1.29, 1.82) is 0 Å². The first-order valence-electron chi connectivity index (χ1n) is 12.0. The molecule has 1 saturated carbocycles. The lowest BCUT2D eigenvalue weighted by Crippen LogP contribution is -2.80. The molecule has 2 heterocycles. The Hall–Kier alpha value is -2.37. The monoisotopic (exact) mass is 433 g/mol. The molecule has 0 radical (unpaired) electrons. The molecule has 5 nitrogen and oxygen atoms in total. The maximum Gasteiger partial charge on any atom is 0.177 e. The van der Waals surface area contributed by atoms with Crippen LogP contribution >= 0.6 is 0 Å². The molecular formula is C27H31NO4. The fourth-order valence-corrected chi connectivity index (χ4v) is 7.57. The Morgan fingerprint density at radius 1 is 1.19 bits per heavy atom. The van der Waals surface area contributed by atoms with Gasteiger partial charge >= 0.3 is 0 Å². The van der Waals surface area contributed by atoms with Crippen LogP contribution in [0.15, 0.2) is 42.5 Å². The van der Waals surface area contributed by atoms with Gasteiger partial charge in [-0.2, -0.15) is 0 Å². The van der Waals surface area contributed by atoms with E-state index in [-0.39, 0.29) is 17.6 Å². The second-order valence-corrected chi connectivity index (χ2v) is 9.98. The van der Waals surface area contributed by atoms with Crippen LogP contribution in [0.5, 0.6) is 11.5 Å². The lowest BCUT2D eigenvalue weighted by Gasteiger charge is -2.66. The number of phenols is 1. The number of carbonyl (C=O) groups is 1. The number of hydrogen-bond donors (Lipinski definition) is 1. The van der Waals surface area contributed by atoms with Gasteiger partial charge in [0.1, 0.15) is 0 Å². The lowest BCUT2D eigenvalue weighted by atomic mass is 9.45. The van der Waals surface area contributed by atoms with Gasteiger partial charge in [0.15, 0.2) is 22.9 Å². The SMILES string of the molecule is CCO[C@@]12CCC(=O)[C@]3(C)Oc4c(O)ccc5c4[C@@]31CCN(CCc1ccccc1)C2C5. The van der Waals surface area contributed by atoms with Crippen LogP contribution < -0.4 is 4.74 Å². The summed E-state index contributed by atoms with van der Waals surface area (Å²) in [7, 11) is 0. The molecular weight excluding hydrogens is 402 g/mol. The molecule has 0 aromatic heterocycles. The summed E-state index contributed by atoms with van der Waals surface area (Å²) in [6, 6.07) is 14.6. The summed E-state index contributed by atoms with van der Waals surface area (Å²) >= 11 is 0. The number of phenolic OH excluding ortho intramolecular Hbond substituents is 1. The minimum absolute atomic E-state index is 0.132. The summed E-state index contributed by atoms with van der Waals surface area (Å²) in [6.45, 7) is 6.46. The Balaban J connectivity index is 1.50. The molecule has 2 aliphatic heterocycles. The van der Waals surface area contributed by atoms with Gasteiger partial charge in [-0.25, -0.2) is 0 Å². The van der Waals surface area contributed by atoms with Crippen LogP contribution in [0.3, 0.4) is 0 Å². The Morgan fingerprint density at radius 3 is 2.78 bits per heavy atom. The minimum Gasteiger partial charge on any atom is -0.504 e. The minimum atomic E-state index is -0.999. The van der Waals surface area contributed by atoms with Gasteiger partial charge in [0, 0.05) is 31.2 Å². The molecule has 2 aromatic rings. The number of benzene rings is 2. The van der Waals surface area contributed by atoms with Crippen molar-refractivity contribution in [3.05, 3.63) is 59.2 Å². The summed E-state index contributed by atoms with van der Waals surface area (Å²) < 4.78 is 13.2. The Morgan fingerprint density at radius 2 is 2.00 bits per heavy atom. The van der Waals surface area contributed by atoms with Crippen LogP contribution in [0.4, 0.5) is 0 Å². The number of ether oxygens (including phenoxy) is 2. The van der Waals surface area contributed by atoms with Gasteiger partial charge < -0.3 is 14.6 Å². The van der Waals surface area contributed by atoms with Gasteiger partial charge in [0.25, 0.3) is 0 Å². The zero-order valence-corrected chi connectivity index (χ0v) is 18.9. The molecule has 32 heavy (non-hydrogen) atoms. The molecule has 0 amide bonds. The molecule has 1 spiro atoms. The molecule has 1 saturated heterocycles. The maximum absolute atomic E-state index is 13.4. The summed E-state index contributed by atoms with van der Waals surface area (Å²) in [4.78, 5) is 16.0. The van der Waals surface area contributed by atoms with Crippen molar-refractivity contribution in [1.82, 2.24) is 4.90 Å². The van der Waals surface area contributed by atoms with E-state index in [0.29, 0.717) is 25.2 Å². The van der Waals surface area contributed by atoms with Gasteiger partial charge in [0.2, 0.25) is 0 Å². The number of aromatic hydroxyl groups is 1. The van der Waals surface area contributed by atoms with E-state index in [1.807, 2.05) is 13.0 Å². The third-order valence-corrected chi connectivity index (χ3v) is 8.85. The topological polar surface area (TPSA) is 59.0 Å². The molecule has 2 fully saturated rings. The molecule has 4 atom stereocenters. The van der Waals surface area contributed by atoms with Crippen LogP contribution in [-0.2, 0) is 27.8 Å². The molecule has 2 aliphatic carbocycles. The molecule has 1 N–H and O–H groups in total. The lowest BCUT2D eigenvalue weighted by molar-refractivity contribution is -0.229. The van der Waals surface area contributed by atoms with Crippen LogP contribution in [-0.4, -0.2) is 52.7 Å². The fourth-order valence-electron chi connectivity index (χ4n) is 7.57. The van der Waals surface area contributed by atoms with E-state index in [0.717, 1.165) is 37.9 Å². The number of carbonyl (C=O) groups excluding carboxylic acids is 1. The van der Waals surface area contributed by atoms with E-state index in [1.165, 1.54) is 11.1 Å². The highest BCUT2D eigenvalue weighted by atomic mass is 16.5. The van der Waals surface area contributed by atoms with E-state index in [2.05, 4.69) is 42.2 Å². The van der Waals surface area contributed by atoms with Crippen molar-refractivity contribution < 1.29 is 19.4 Å². The van der Waals surface area contributed by atoms with Gasteiger partial charge in [-0.1, -0.05) is 36.4 Å². The van der Waals surface area contributed by atoms with Crippen molar-refractivity contribution in [3.8, 4) is 11.5 Å². The van der Waals surface area contributed by atoms with Crippen molar-refractivity contribution in [2.75, 3.05) is 19.7 Å². The number of hydrogen-bond acceptors (Lipinski definition) is 5. The molecule has 2 bridgehead atoms. The normalized spacial score (nSPS) is 34.8. The summed E-state index contributed by atoms with van der Waals surface area (Å²) in [5.41, 5.74) is 1.53. The largest absolute Gasteiger partial charge is 0.504 e. The molecule has 6 rings (SSSR count).